The summed E-state index contributed by atoms with van der Waals surface area (Å²) in [5, 5.41) is 2.69. The van der Waals surface area contributed by atoms with Crippen LogP contribution in [0.1, 0.15) is 12.0 Å². The number of hydrogen-bond acceptors (Lipinski definition) is 5. The van der Waals surface area contributed by atoms with Gasteiger partial charge in [-0.25, -0.2) is 0 Å². The molecule has 0 aliphatic carbocycles. The standard InChI is InChI=1S/C18H22F4N2O4/c19-17(20)27-14-4-2-13(15(12-14)28-18(21)22)3-5-16(25)23-6-1-7-24-8-10-26-11-9-24/h2-5,12,17-18H,1,6-11H2,(H,23,25)/b5-3+. The lowest BCUT2D eigenvalue weighted by molar-refractivity contribution is -0.116. The molecule has 156 valence electrons. The number of nitrogens with one attached hydrogen (secondary N) is 1. The van der Waals surface area contributed by atoms with E-state index in [1.807, 2.05) is 0 Å². The number of nitrogens with zero attached hydrogens (tertiary/aromatic N) is 1. The number of ether oxygens (including phenoxy) is 3. The highest BCUT2D eigenvalue weighted by atomic mass is 19.3. The highest BCUT2D eigenvalue weighted by molar-refractivity contribution is 5.92. The maximum absolute atomic E-state index is 12.5. The summed E-state index contributed by atoms with van der Waals surface area (Å²) >= 11 is 0. The molecule has 28 heavy (non-hydrogen) atoms. The summed E-state index contributed by atoms with van der Waals surface area (Å²) in [6.07, 6.45) is 3.19. The molecule has 0 spiro atoms. The summed E-state index contributed by atoms with van der Waals surface area (Å²) in [6, 6.07) is 3.33. The lowest BCUT2D eigenvalue weighted by Gasteiger charge is -2.26. The van der Waals surface area contributed by atoms with Crippen LogP contribution in [0.25, 0.3) is 6.08 Å². The Morgan fingerprint density at radius 2 is 1.89 bits per heavy atom. The fourth-order valence-electron chi connectivity index (χ4n) is 2.59. The predicted octanol–water partition coefficient (Wildman–Crippen LogP) is 2.74. The Morgan fingerprint density at radius 3 is 2.57 bits per heavy atom. The zero-order valence-corrected chi connectivity index (χ0v) is 15.1. The molecule has 1 heterocycles. The summed E-state index contributed by atoms with van der Waals surface area (Å²) in [5.41, 5.74) is 0.130. The SMILES string of the molecule is O=C(/C=C/c1ccc(OC(F)F)cc1OC(F)F)NCCCN1CCOCC1. The van der Waals surface area contributed by atoms with Crippen LogP contribution in [0.3, 0.4) is 0 Å². The molecular formula is C18H22F4N2O4. The first-order valence-corrected chi connectivity index (χ1v) is 8.73. The normalized spacial score (nSPS) is 15.4. The van der Waals surface area contributed by atoms with Crippen molar-refractivity contribution < 1.29 is 36.6 Å². The quantitative estimate of drug-likeness (QED) is 0.368. The zero-order valence-electron chi connectivity index (χ0n) is 15.1. The van der Waals surface area contributed by atoms with Crippen molar-refractivity contribution in [2.75, 3.05) is 39.4 Å². The van der Waals surface area contributed by atoms with Gasteiger partial charge in [0.25, 0.3) is 0 Å². The van der Waals surface area contributed by atoms with E-state index >= 15 is 0 Å². The van der Waals surface area contributed by atoms with Gasteiger partial charge in [-0.3, -0.25) is 9.69 Å². The van der Waals surface area contributed by atoms with Crippen molar-refractivity contribution in [2.24, 2.45) is 0 Å². The molecule has 10 heteroatoms. The lowest BCUT2D eigenvalue weighted by atomic mass is 10.1. The van der Waals surface area contributed by atoms with Gasteiger partial charge in [-0.1, -0.05) is 0 Å². The van der Waals surface area contributed by atoms with E-state index in [1.54, 1.807) is 0 Å². The minimum atomic E-state index is -3.15. The summed E-state index contributed by atoms with van der Waals surface area (Å²) < 4.78 is 63.3. The van der Waals surface area contributed by atoms with Gasteiger partial charge < -0.3 is 19.5 Å². The van der Waals surface area contributed by atoms with Crippen molar-refractivity contribution in [1.29, 1.82) is 0 Å². The van der Waals surface area contributed by atoms with E-state index in [9.17, 15) is 22.4 Å². The first-order chi connectivity index (χ1) is 13.4. The topological polar surface area (TPSA) is 60.0 Å². The summed E-state index contributed by atoms with van der Waals surface area (Å²) in [6.45, 7) is -1.80. The smallest absolute Gasteiger partial charge is 0.387 e. The van der Waals surface area contributed by atoms with Crippen LogP contribution < -0.4 is 14.8 Å². The van der Waals surface area contributed by atoms with Gasteiger partial charge in [0.2, 0.25) is 5.91 Å². The molecule has 1 fully saturated rings. The lowest BCUT2D eigenvalue weighted by Crippen LogP contribution is -2.38. The Kier molecular flexibility index (Phi) is 9.02. The Balaban J connectivity index is 1.85. The van der Waals surface area contributed by atoms with Crippen LogP contribution in [0, 0.1) is 0 Å². The molecule has 1 amide bonds. The van der Waals surface area contributed by atoms with Crippen LogP contribution in [0.2, 0.25) is 0 Å². The highest BCUT2D eigenvalue weighted by Crippen LogP contribution is 2.28. The minimum absolute atomic E-state index is 0.130. The highest BCUT2D eigenvalue weighted by Gasteiger charge is 2.13. The molecule has 0 bridgehead atoms. The molecular weight excluding hydrogens is 384 g/mol. The van der Waals surface area contributed by atoms with Crippen molar-refractivity contribution in [3.63, 3.8) is 0 Å². The largest absolute Gasteiger partial charge is 0.435 e. The summed E-state index contributed by atoms with van der Waals surface area (Å²) in [5.74, 6) is -1.10. The van der Waals surface area contributed by atoms with Gasteiger partial charge in [0.05, 0.1) is 13.2 Å². The van der Waals surface area contributed by atoms with E-state index in [0.29, 0.717) is 19.8 Å². The number of morpholine rings is 1. The number of alkyl halides is 4. The second-order valence-electron chi connectivity index (χ2n) is 5.89. The number of rotatable bonds is 10. The number of hydrogen-bond donors (Lipinski definition) is 1. The van der Waals surface area contributed by atoms with Crippen LogP contribution >= 0.6 is 0 Å². The molecule has 1 aliphatic heterocycles. The third kappa shape index (κ3) is 8.13. The van der Waals surface area contributed by atoms with E-state index in [4.69, 9.17) is 4.74 Å². The molecule has 1 aromatic rings. The molecule has 1 aliphatic rings. The van der Waals surface area contributed by atoms with Crippen molar-refractivity contribution in [1.82, 2.24) is 10.2 Å². The van der Waals surface area contributed by atoms with Crippen molar-refractivity contribution in [3.05, 3.63) is 29.8 Å². The molecule has 0 saturated carbocycles. The van der Waals surface area contributed by atoms with Gasteiger partial charge in [0.1, 0.15) is 11.5 Å². The van der Waals surface area contributed by atoms with Gasteiger partial charge in [0, 0.05) is 37.3 Å². The van der Waals surface area contributed by atoms with E-state index in [1.165, 1.54) is 18.2 Å². The van der Waals surface area contributed by atoms with Crippen molar-refractivity contribution >= 4 is 12.0 Å². The van der Waals surface area contributed by atoms with E-state index < -0.39 is 19.1 Å². The second-order valence-corrected chi connectivity index (χ2v) is 5.89. The van der Waals surface area contributed by atoms with Gasteiger partial charge in [-0.15, -0.1) is 0 Å². The van der Waals surface area contributed by atoms with Crippen LogP contribution in [0.5, 0.6) is 11.5 Å². The van der Waals surface area contributed by atoms with E-state index in [-0.39, 0.29) is 17.1 Å². The van der Waals surface area contributed by atoms with Gasteiger partial charge >= 0.3 is 13.2 Å². The molecule has 0 radical (unpaired) electrons. The van der Waals surface area contributed by atoms with Crippen LogP contribution in [0.15, 0.2) is 24.3 Å². The molecule has 0 aromatic heterocycles. The van der Waals surface area contributed by atoms with Crippen molar-refractivity contribution in [3.8, 4) is 11.5 Å². The maximum atomic E-state index is 12.5. The number of benzene rings is 1. The molecule has 2 rings (SSSR count). The van der Waals surface area contributed by atoms with Crippen LogP contribution in [-0.2, 0) is 9.53 Å². The molecule has 0 atom stereocenters. The Hall–Kier alpha value is -2.33. The summed E-state index contributed by atoms with van der Waals surface area (Å²) in [4.78, 5) is 14.1. The van der Waals surface area contributed by atoms with E-state index in [2.05, 4.69) is 19.7 Å². The number of carbonyl (C=O) groups excluding carboxylic acids is 1. The molecule has 0 unspecified atom stereocenters. The Labute approximate surface area is 160 Å². The maximum Gasteiger partial charge on any atom is 0.387 e. The number of halogens is 4. The fourth-order valence-corrected chi connectivity index (χ4v) is 2.59. The minimum Gasteiger partial charge on any atom is -0.435 e. The fraction of sp³-hybridized carbons (Fsp3) is 0.500. The first-order valence-electron chi connectivity index (χ1n) is 8.73. The van der Waals surface area contributed by atoms with Gasteiger partial charge in [0.15, 0.2) is 0 Å². The molecule has 1 saturated heterocycles. The van der Waals surface area contributed by atoms with Crippen molar-refractivity contribution in [2.45, 2.75) is 19.6 Å². The third-order valence-corrected chi connectivity index (χ3v) is 3.89. The monoisotopic (exact) mass is 406 g/mol. The average Bonchev–Trinajstić information content (AvgIpc) is 2.64. The van der Waals surface area contributed by atoms with Gasteiger partial charge in [-0.2, -0.15) is 17.6 Å². The third-order valence-electron chi connectivity index (χ3n) is 3.89. The van der Waals surface area contributed by atoms with E-state index in [0.717, 1.165) is 38.2 Å². The summed E-state index contributed by atoms with van der Waals surface area (Å²) in [7, 11) is 0. The molecule has 6 nitrogen and oxygen atoms in total. The Bertz CT molecular complexity index is 652. The van der Waals surface area contributed by atoms with Crippen LogP contribution in [0.4, 0.5) is 17.6 Å². The predicted molar refractivity (Wildman–Crippen MR) is 93.6 cm³/mol. The van der Waals surface area contributed by atoms with Gasteiger partial charge in [-0.05, 0) is 31.2 Å². The van der Waals surface area contributed by atoms with Crippen LogP contribution in [-0.4, -0.2) is 63.4 Å². The first kappa shape index (κ1) is 22.0. The molecule has 1 aromatic carbocycles. The second kappa shape index (κ2) is 11.5. The average molecular weight is 406 g/mol. The number of amides is 1. The number of carbonyl (C=O) groups is 1. The zero-order chi connectivity index (χ0) is 20.4. The Morgan fingerprint density at radius 1 is 1.18 bits per heavy atom. The molecule has 1 N–H and O–H groups in total.